The zero-order chi connectivity index (χ0) is 24.5. The summed E-state index contributed by atoms with van der Waals surface area (Å²) >= 11 is 0. The summed E-state index contributed by atoms with van der Waals surface area (Å²) in [5.74, 6) is -2.43. The van der Waals surface area contributed by atoms with Crippen molar-refractivity contribution < 1.29 is 27.4 Å². The lowest BCUT2D eigenvalue weighted by molar-refractivity contribution is 0.0486. The van der Waals surface area contributed by atoms with Crippen molar-refractivity contribution in [2.75, 3.05) is 13.2 Å². The van der Waals surface area contributed by atoms with Crippen LogP contribution in [-0.2, 0) is 11.2 Å². The standard InChI is InChI=1S/C29H33F3O3/c1-3-5-22-12-10-20(16-34-22)17-6-8-18(9-7-17)23-15-21-14-19-11-13-24(33-4-2)26(31)28(19)35-29(21)27(32)25(23)30/h10-11,13,15,17-18,22H,3-9,12,14,16H2,1-2H3. The Kier molecular flexibility index (Phi) is 7.10. The van der Waals surface area contributed by atoms with Crippen molar-refractivity contribution in [3.05, 3.63) is 64.0 Å². The minimum Gasteiger partial charge on any atom is -0.491 e. The average molecular weight is 487 g/mol. The van der Waals surface area contributed by atoms with Crippen LogP contribution in [-0.4, -0.2) is 19.3 Å². The van der Waals surface area contributed by atoms with Crippen molar-refractivity contribution in [1.29, 1.82) is 0 Å². The van der Waals surface area contributed by atoms with E-state index in [1.165, 1.54) is 5.57 Å². The highest BCUT2D eigenvalue weighted by Gasteiger charge is 2.33. The van der Waals surface area contributed by atoms with Gasteiger partial charge in [0.15, 0.2) is 23.1 Å². The van der Waals surface area contributed by atoms with E-state index in [9.17, 15) is 4.39 Å². The van der Waals surface area contributed by atoms with E-state index in [2.05, 4.69) is 13.0 Å². The Morgan fingerprint density at radius 3 is 2.34 bits per heavy atom. The molecule has 1 unspecified atom stereocenters. The van der Waals surface area contributed by atoms with E-state index in [-0.39, 0.29) is 29.6 Å². The van der Waals surface area contributed by atoms with Crippen molar-refractivity contribution in [3.63, 3.8) is 0 Å². The number of fused-ring (bicyclic) bond motifs is 2. The van der Waals surface area contributed by atoms with Gasteiger partial charge in [-0.1, -0.05) is 25.5 Å². The minimum atomic E-state index is -1.03. The first kappa shape index (κ1) is 24.2. The predicted octanol–water partition coefficient (Wildman–Crippen LogP) is 7.99. The molecule has 2 aromatic carbocycles. The maximum absolute atomic E-state index is 15.2. The third kappa shape index (κ3) is 4.69. The zero-order valence-electron chi connectivity index (χ0n) is 20.5. The van der Waals surface area contributed by atoms with Crippen LogP contribution in [0.3, 0.4) is 0 Å². The smallest absolute Gasteiger partial charge is 0.207 e. The Balaban J connectivity index is 1.31. The molecule has 6 heteroatoms. The second kappa shape index (κ2) is 10.3. The van der Waals surface area contributed by atoms with Gasteiger partial charge in [0.05, 0.1) is 19.3 Å². The molecule has 3 aliphatic rings. The van der Waals surface area contributed by atoms with Gasteiger partial charge in [-0.25, -0.2) is 4.39 Å². The van der Waals surface area contributed by atoms with Crippen LogP contribution in [0, 0.1) is 23.4 Å². The molecular weight excluding hydrogens is 453 g/mol. The van der Waals surface area contributed by atoms with Crippen LogP contribution in [0.1, 0.15) is 81.4 Å². The van der Waals surface area contributed by atoms with Gasteiger partial charge >= 0.3 is 0 Å². The summed E-state index contributed by atoms with van der Waals surface area (Å²) in [5.41, 5.74) is 2.94. The maximum atomic E-state index is 15.2. The molecule has 0 aromatic heterocycles. The number of hydrogen-bond donors (Lipinski definition) is 0. The molecule has 2 aliphatic heterocycles. The van der Waals surface area contributed by atoms with E-state index >= 15 is 8.78 Å². The van der Waals surface area contributed by atoms with Crippen LogP contribution in [0.25, 0.3) is 0 Å². The van der Waals surface area contributed by atoms with Gasteiger partial charge in [-0.2, -0.15) is 8.78 Å². The molecule has 0 N–H and O–H groups in total. The van der Waals surface area contributed by atoms with Crippen molar-refractivity contribution in [2.45, 2.75) is 77.2 Å². The molecule has 2 heterocycles. The summed E-state index contributed by atoms with van der Waals surface area (Å²) in [6.45, 7) is 4.92. The maximum Gasteiger partial charge on any atom is 0.207 e. The molecule has 0 bridgehead atoms. The van der Waals surface area contributed by atoms with Gasteiger partial charge in [-0.15, -0.1) is 0 Å². The summed E-state index contributed by atoms with van der Waals surface area (Å²) < 4.78 is 62.1. The lowest BCUT2D eigenvalue weighted by Crippen LogP contribution is -2.24. The summed E-state index contributed by atoms with van der Waals surface area (Å²) in [6, 6.07) is 5.01. The fourth-order valence-electron chi connectivity index (χ4n) is 5.83. The summed E-state index contributed by atoms with van der Waals surface area (Å²) in [4.78, 5) is 0. The van der Waals surface area contributed by atoms with E-state index < -0.39 is 17.5 Å². The minimum absolute atomic E-state index is 0.0394. The monoisotopic (exact) mass is 486 g/mol. The topological polar surface area (TPSA) is 27.7 Å². The molecule has 1 atom stereocenters. The molecule has 3 nitrogen and oxygen atoms in total. The normalized spacial score (nSPS) is 23.7. The first-order chi connectivity index (χ1) is 17.0. The molecule has 0 spiro atoms. The molecule has 0 saturated heterocycles. The van der Waals surface area contributed by atoms with Gasteiger partial charge in [-0.3, -0.25) is 0 Å². The average Bonchev–Trinajstić information content (AvgIpc) is 2.88. The number of benzene rings is 2. The molecule has 0 amide bonds. The molecule has 1 aliphatic carbocycles. The predicted molar refractivity (Wildman–Crippen MR) is 129 cm³/mol. The van der Waals surface area contributed by atoms with E-state index in [0.717, 1.165) is 44.9 Å². The Morgan fingerprint density at radius 1 is 0.914 bits per heavy atom. The first-order valence-electron chi connectivity index (χ1n) is 12.9. The van der Waals surface area contributed by atoms with Crippen LogP contribution >= 0.6 is 0 Å². The number of halogens is 3. The van der Waals surface area contributed by atoms with Gasteiger partial charge in [0.2, 0.25) is 11.6 Å². The Bertz CT molecular complexity index is 1120. The van der Waals surface area contributed by atoms with Gasteiger partial charge in [-0.05, 0) is 80.6 Å². The SMILES string of the molecule is CCCC1CC=C(C2CCC(c3cc4c(c(F)c3F)Oc3c(ccc(OCC)c3F)C4)CC2)CO1. The summed E-state index contributed by atoms with van der Waals surface area (Å²) in [6.07, 6.45) is 9.66. The molecule has 2 aromatic rings. The van der Waals surface area contributed by atoms with Crippen LogP contribution < -0.4 is 9.47 Å². The van der Waals surface area contributed by atoms with Crippen molar-refractivity contribution >= 4 is 0 Å². The fraction of sp³-hybridized carbons (Fsp3) is 0.517. The molecule has 1 fully saturated rings. The lowest BCUT2D eigenvalue weighted by atomic mass is 9.75. The van der Waals surface area contributed by atoms with Crippen molar-refractivity contribution in [3.8, 4) is 17.2 Å². The van der Waals surface area contributed by atoms with Crippen LogP contribution in [0.5, 0.6) is 17.2 Å². The quantitative estimate of drug-likeness (QED) is 0.331. The molecule has 5 rings (SSSR count). The second-order valence-corrected chi connectivity index (χ2v) is 9.94. The highest BCUT2D eigenvalue weighted by molar-refractivity contribution is 5.55. The van der Waals surface area contributed by atoms with E-state index in [4.69, 9.17) is 14.2 Å². The van der Waals surface area contributed by atoms with E-state index in [1.807, 2.05) is 0 Å². The van der Waals surface area contributed by atoms with E-state index in [0.29, 0.717) is 41.9 Å². The summed E-state index contributed by atoms with van der Waals surface area (Å²) in [5, 5.41) is 0. The molecule has 1 saturated carbocycles. The molecule has 35 heavy (non-hydrogen) atoms. The third-order valence-corrected chi connectivity index (χ3v) is 7.73. The van der Waals surface area contributed by atoms with Crippen LogP contribution in [0.2, 0.25) is 0 Å². The summed E-state index contributed by atoms with van der Waals surface area (Å²) in [7, 11) is 0. The Labute approximate surface area is 205 Å². The van der Waals surface area contributed by atoms with Gasteiger partial charge in [0, 0.05) is 17.5 Å². The van der Waals surface area contributed by atoms with E-state index in [1.54, 1.807) is 25.1 Å². The lowest BCUT2D eigenvalue weighted by Gasteiger charge is -2.33. The van der Waals surface area contributed by atoms with Crippen molar-refractivity contribution in [1.82, 2.24) is 0 Å². The van der Waals surface area contributed by atoms with Gasteiger partial charge in [0.1, 0.15) is 0 Å². The Hall–Kier alpha value is -2.47. The Morgan fingerprint density at radius 2 is 1.66 bits per heavy atom. The van der Waals surface area contributed by atoms with Crippen LogP contribution in [0.4, 0.5) is 13.2 Å². The molecule has 188 valence electrons. The number of ether oxygens (including phenoxy) is 3. The highest BCUT2D eigenvalue weighted by Crippen LogP contribution is 2.47. The largest absolute Gasteiger partial charge is 0.491 e. The highest BCUT2D eigenvalue weighted by atomic mass is 19.2. The van der Waals surface area contributed by atoms with Gasteiger partial charge in [0.25, 0.3) is 0 Å². The van der Waals surface area contributed by atoms with Crippen LogP contribution in [0.15, 0.2) is 29.8 Å². The van der Waals surface area contributed by atoms with Gasteiger partial charge < -0.3 is 14.2 Å². The van der Waals surface area contributed by atoms with Crippen molar-refractivity contribution in [2.24, 2.45) is 5.92 Å². The zero-order valence-corrected chi connectivity index (χ0v) is 20.5. The fourth-order valence-corrected chi connectivity index (χ4v) is 5.83. The third-order valence-electron chi connectivity index (χ3n) is 7.73. The second-order valence-electron chi connectivity index (χ2n) is 9.94. The number of hydrogen-bond acceptors (Lipinski definition) is 3. The number of rotatable bonds is 6. The molecule has 0 radical (unpaired) electrons. The molecular formula is C29H33F3O3. The first-order valence-corrected chi connectivity index (χ1v) is 12.9.